The third-order valence-electron chi connectivity index (χ3n) is 6.43. The number of amides is 1. The van der Waals surface area contributed by atoms with Crippen molar-refractivity contribution in [1.82, 2.24) is 19.4 Å². The summed E-state index contributed by atoms with van der Waals surface area (Å²) in [7, 11) is -3.57. The van der Waals surface area contributed by atoms with Crippen LogP contribution in [0.1, 0.15) is 72.4 Å². The van der Waals surface area contributed by atoms with Gasteiger partial charge < -0.3 is 4.90 Å². The number of aromatic amines is 1. The van der Waals surface area contributed by atoms with Gasteiger partial charge in [-0.05, 0) is 51.2 Å². The van der Waals surface area contributed by atoms with Gasteiger partial charge in [-0.15, -0.1) is 0 Å². The topological polar surface area (TPSA) is 86.4 Å². The van der Waals surface area contributed by atoms with Crippen LogP contribution in [-0.2, 0) is 29.3 Å². The first-order chi connectivity index (χ1) is 15.3. The molecule has 0 radical (unpaired) electrons. The van der Waals surface area contributed by atoms with E-state index in [2.05, 4.69) is 10.2 Å². The summed E-state index contributed by atoms with van der Waals surface area (Å²) in [5, 5.41) is 6.92. The molecule has 11 heteroatoms. The Labute approximate surface area is 191 Å². The molecule has 0 saturated carbocycles. The molecule has 0 unspecified atom stereocenters. The molecular weight excluding hydrogens is 457 g/mol. The first kappa shape index (κ1) is 23.7. The minimum atomic E-state index is -4.42. The summed E-state index contributed by atoms with van der Waals surface area (Å²) < 4.78 is 66.1. The first-order valence-corrected chi connectivity index (χ1v) is 12.3. The molecule has 3 heterocycles. The number of carbonyl (C=O) groups excluding carboxylic acids is 1. The van der Waals surface area contributed by atoms with E-state index in [4.69, 9.17) is 0 Å². The van der Waals surface area contributed by atoms with Gasteiger partial charge >= 0.3 is 6.18 Å². The lowest BCUT2D eigenvalue weighted by Crippen LogP contribution is -2.41. The highest BCUT2D eigenvalue weighted by Gasteiger charge is 2.42. The number of aromatic nitrogens is 2. The second-order valence-corrected chi connectivity index (χ2v) is 12.3. The van der Waals surface area contributed by atoms with Gasteiger partial charge in [0, 0.05) is 25.2 Å². The standard InChI is InChI=1S/C22H27F3N4O3S/c1-21(2,3)33(31,32)29-12-16-18(13-29)26-27-19(16)20(30)28-10-8-14(9-11-28)15-6-4-5-7-17(15)22(23,24)25/h4-7,14H,8-13H2,1-3H3,(H,26,27). The fraction of sp³-hybridized carbons (Fsp3) is 0.545. The maximum Gasteiger partial charge on any atom is 0.416 e. The van der Waals surface area contributed by atoms with Crippen LogP contribution in [0.4, 0.5) is 13.2 Å². The van der Waals surface area contributed by atoms with Gasteiger partial charge in [-0.1, -0.05) is 18.2 Å². The number of carbonyl (C=O) groups is 1. The summed E-state index contributed by atoms with van der Waals surface area (Å²) in [6, 6.07) is 5.59. The summed E-state index contributed by atoms with van der Waals surface area (Å²) in [5.41, 5.74) is 0.990. The van der Waals surface area contributed by atoms with Gasteiger partial charge in [0.05, 0.1) is 22.5 Å². The maximum absolute atomic E-state index is 13.4. The number of rotatable bonds is 3. The van der Waals surface area contributed by atoms with Crippen LogP contribution in [-0.4, -0.2) is 51.6 Å². The predicted molar refractivity (Wildman–Crippen MR) is 116 cm³/mol. The molecule has 2 aliphatic heterocycles. The number of piperidine rings is 1. The highest BCUT2D eigenvalue weighted by Crippen LogP contribution is 2.39. The zero-order valence-corrected chi connectivity index (χ0v) is 19.6. The van der Waals surface area contributed by atoms with E-state index in [0.29, 0.717) is 37.2 Å². The molecule has 2 aromatic rings. The summed E-state index contributed by atoms with van der Waals surface area (Å²) in [5.74, 6) is -0.616. The van der Waals surface area contributed by atoms with Crippen LogP contribution in [0.25, 0.3) is 0 Å². The normalized spacial score (nSPS) is 18.5. The number of nitrogens with one attached hydrogen (secondary N) is 1. The van der Waals surface area contributed by atoms with Gasteiger partial charge in [0.25, 0.3) is 5.91 Å². The number of halogens is 3. The highest BCUT2D eigenvalue weighted by atomic mass is 32.2. The molecule has 0 spiro atoms. The van der Waals surface area contributed by atoms with E-state index in [1.165, 1.54) is 16.4 Å². The van der Waals surface area contributed by atoms with E-state index in [1.807, 2.05) is 0 Å². The van der Waals surface area contributed by atoms with Crippen molar-refractivity contribution < 1.29 is 26.4 Å². The number of likely N-dealkylation sites (tertiary alicyclic amines) is 1. The maximum atomic E-state index is 13.4. The monoisotopic (exact) mass is 484 g/mol. The van der Waals surface area contributed by atoms with Crippen molar-refractivity contribution >= 4 is 15.9 Å². The number of sulfonamides is 1. The van der Waals surface area contributed by atoms with Crippen LogP contribution in [0.2, 0.25) is 0 Å². The molecule has 0 aliphatic carbocycles. The molecule has 1 N–H and O–H groups in total. The number of hydrogen-bond donors (Lipinski definition) is 1. The molecule has 4 rings (SSSR count). The third kappa shape index (κ3) is 4.28. The van der Waals surface area contributed by atoms with Gasteiger partial charge in [-0.25, -0.2) is 8.42 Å². The fourth-order valence-corrected chi connectivity index (χ4v) is 5.87. The van der Waals surface area contributed by atoms with E-state index in [-0.39, 0.29) is 36.2 Å². The zero-order chi connectivity index (χ0) is 24.2. The van der Waals surface area contributed by atoms with E-state index >= 15 is 0 Å². The molecule has 1 aromatic carbocycles. The van der Waals surface area contributed by atoms with Crippen molar-refractivity contribution in [3.05, 3.63) is 52.3 Å². The molecule has 1 saturated heterocycles. The molecule has 2 aliphatic rings. The molecule has 180 valence electrons. The summed E-state index contributed by atoms with van der Waals surface area (Å²) >= 11 is 0. The lowest BCUT2D eigenvalue weighted by atomic mass is 9.86. The average molecular weight is 485 g/mol. The number of benzene rings is 1. The van der Waals surface area contributed by atoms with Crippen LogP contribution in [0.15, 0.2) is 24.3 Å². The SMILES string of the molecule is CC(C)(C)S(=O)(=O)N1Cc2[nH]nc(C(=O)N3CCC(c4ccccc4C(F)(F)F)CC3)c2C1. The minimum Gasteiger partial charge on any atom is -0.337 e. The Morgan fingerprint density at radius 3 is 2.33 bits per heavy atom. The van der Waals surface area contributed by atoms with Gasteiger partial charge in [0.1, 0.15) is 0 Å². The van der Waals surface area contributed by atoms with Crippen molar-refractivity contribution in [3.8, 4) is 0 Å². The number of alkyl halides is 3. The summed E-state index contributed by atoms with van der Waals surface area (Å²) in [6.45, 7) is 5.69. The molecule has 1 amide bonds. The highest BCUT2D eigenvalue weighted by molar-refractivity contribution is 7.90. The Balaban J connectivity index is 1.46. The molecule has 33 heavy (non-hydrogen) atoms. The first-order valence-electron chi connectivity index (χ1n) is 10.8. The predicted octanol–water partition coefficient (Wildman–Crippen LogP) is 3.89. The van der Waals surface area contributed by atoms with Crippen LogP contribution in [0.5, 0.6) is 0 Å². The largest absolute Gasteiger partial charge is 0.416 e. The van der Waals surface area contributed by atoms with Crippen molar-refractivity contribution in [2.45, 2.75) is 63.5 Å². The van der Waals surface area contributed by atoms with Gasteiger partial charge in [-0.2, -0.15) is 22.6 Å². The summed E-state index contributed by atoms with van der Waals surface area (Å²) in [6.07, 6.45) is -3.59. The number of H-pyrrole nitrogens is 1. The Morgan fingerprint density at radius 2 is 1.73 bits per heavy atom. The van der Waals surface area contributed by atoms with Gasteiger partial charge in [0.2, 0.25) is 10.0 Å². The van der Waals surface area contributed by atoms with Crippen molar-refractivity contribution in [3.63, 3.8) is 0 Å². The van der Waals surface area contributed by atoms with Crippen molar-refractivity contribution in [2.75, 3.05) is 13.1 Å². The fourth-order valence-electron chi connectivity index (χ4n) is 4.50. The Bertz CT molecular complexity index is 1160. The average Bonchev–Trinajstić information content (AvgIpc) is 3.33. The Kier molecular flexibility index (Phi) is 5.84. The molecule has 7 nitrogen and oxygen atoms in total. The smallest absolute Gasteiger partial charge is 0.337 e. The van der Waals surface area contributed by atoms with E-state index < -0.39 is 26.5 Å². The second-order valence-electron chi connectivity index (χ2n) is 9.57. The van der Waals surface area contributed by atoms with Gasteiger partial charge in [0.15, 0.2) is 5.69 Å². The summed E-state index contributed by atoms with van der Waals surface area (Å²) in [4.78, 5) is 14.7. The van der Waals surface area contributed by atoms with Crippen molar-refractivity contribution in [1.29, 1.82) is 0 Å². The quantitative estimate of drug-likeness (QED) is 0.716. The van der Waals surface area contributed by atoms with Crippen LogP contribution in [0, 0.1) is 0 Å². The van der Waals surface area contributed by atoms with E-state index in [0.717, 1.165) is 6.07 Å². The van der Waals surface area contributed by atoms with E-state index in [1.54, 1.807) is 31.7 Å². The van der Waals surface area contributed by atoms with Crippen molar-refractivity contribution in [2.24, 2.45) is 0 Å². The van der Waals surface area contributed by atoms with Crippen LogP contribution >= 0.6 is 0 Å². The third-order valence-corrected chi connectivity index (χ3v) is 8.91. The number of fused-ring (bicyclic) bond motifs is 1. The zero-order valence-electron chi connectivity index (χ0n) is 18.7. The minimum absolute atomic E-state index is 0.0714. The lowest BCUT2D eigenvalue weighted by Gasteiger charge is -2.33. The number of hydrogen-bond acceptors (Lipinski definition) is 4. The molecule has 1 aromatic heterocycles. The molecule has 0 bridgehead atoms. The van der Waals surface area contributed by atoms with Gasteiger partial charge in [-0.3, -0.25) is 9.89 Å². The molecule has 1 fully saturated rings. The van der Waals surface area contributed by atoms with Crippen LogP contribution < -0.4 is 0 Å². The molecule has 0 atom stereocenters. The molecular formula is C22H27F3N4O3S. The lowest BCUT2D eigenvalue weighted by molar-refractivity contribution is -0.138. The Morgan fingerprint density at radius 1 is 1.09 bits per heavy atom. The second kappa shape index (κ2) is 8.12. The van der Waals surface area contributed by atoms with E-state index in [9.17, 15) is 26.4 Å². The number of nitrogens with zero attached hydrogens (tertiary/aromatic N) is 3. The van der Waals surface area contributed by atoms with Crippen LogP contribution in [0.3, 0.4) is 0 Å². The Hall–Kier alpha value is -2.40.